The smallest absolute Gasteiger partial charge is 0.254 e. The zero-order valence-corrected chi connectivity index (χ0v) is 12.1. The Bertz CT molecular complexity index is 650. The lowest BCUT2D eigenvalue weighted by molar-refractivity contribution is 0.0729. The van der Waals surface area contributed by atoms with E-state index in [1.807, 2.05) is 36.1 Å². The number of carbonyl (C=O) groups excluding carboxylic acids is 1. The fourth-order valence-electron chi connectivity index (χ4n) is 2.46. The van der Waals surface area contributed by atoms with Gasteiger partial charge in [-0.25, -0.2) is 0 Å². The van der Waals surface area contributed by atoms with Gasteiger partial charge in [0.15, 0.2) is 0 Å². The molecule has 0 radical (unpaired) electrons. The van der Waals surface area contributed by atoms with Crippen molar-refractivity contribution in [1.82, 2.24) is 9.88 Å². The number of aromatic nitrogens is 1. The summed E-state index contributed by atoms with van der Waals surface area (Å²) in [6, 6.07) is 9.77. The minimum Gasteiger partial charge on any atom is -0.399 e. The highest BCUT2D eigenvalue weighted by atomic mass is 16.2. The first kappa shape index (κ1) is 13.6. The van der Waals surface area contributed by atoms with Crippen molar-refractivity contribution in [1.29, 1.82) is 0 Å². The third-order valence-corrected chi connectivity index (χ3v) is 3.84. The Kier molecular flexibility index (Phi) is 3.60. The van der Waals surface area contributed by atoms with Gasteiger partial charge in [0.2, 0.25) is 0 Å². The van der Waals surface area contributed by atoms with Crippen molar-refractivity contribution in [2.75, 3.05) is 5.73 Å². The minimum atomic E-state index is 0.0686. The second-order valence-corrected chi connectivity index (χ2v) is 5.59. The molecule has 0 spiro atoms. The molecule has 0 bridgehead atoms. The first-order valence-corrected chi connectivity index (χ1v) is 7.21. The molecule has 2 N–H and O–H groups in total. The molecule has 1 aliphatic carbocycles. The Labute approximate surface area is 124 Å². The molecular weight excluding hydrogens is 262 g/mol. The molecule has 21 heavy (non-hydrogen) atoms. The molecule has 1 fully saturated rings. The number of nitrogens with two attached hydrogens (primary N) is 1. The van der Waals surface area contributed by atoms with Gasteiger partial charge in [-0.3, -0.25) is 9.78 Å². The molecule has 1 saturated carbocycles. The summed E-state index contributed by atoms with van der Waals surface area (Å²) >= 11 is 0. The maximum Gasteiger partial charge on any atom is 0.254 e. The zero-order valence-electron chi connectivity index (χ0n) is 12.1. The fraction of sp³-hybridized carbons (Fsp3) is 0.294. The van der Waals surface area contributed by atoms with Gasteiger partial charge in [0, 0.05) is 36.2 Å². The molecule has 3 rings (SSSR count). The Morgan fingerprint density at radius 1 is 1.29 bits per heavy atom. The fourth-order valence-corrected chi connectivity index (χ4v) is 2.46. The van der Waals surface area contributed by atoms with Crippen LogP contribution in [-0.4, -0.2) is 21.8 Å². The van der Waals surface area contributed by atoms with Crippen LogP contribution in [-0.2, 0) is 6.54 Å². The summed E-state index contributed by atoms with van der Waals surface area (Å²) in [6.45, 7) is 2.57. The summed E-state index contributed by atoms with van der Waals surface area (Å²) in [4.78, 5) is 18.8. The van der Waals surface area contributed by atoms with E-state index in [1.165, 1.54) is 0 Å². The van der Waals surface area contributed by atoms with Crippen molar-refractivity contribution in [3.05, 3.63) is 59.4 Å². The summed E-state index contributed by atoms with van der Waals surface area (Å²) in [5, 5.41) is 0. The number of hydrogen-bond acceptors (Lipinski definition) is 3. The number of nitrogen functional groups attached to an aromatic ring is 1. The van der Waals surface area contributed by atoms with Crippen LogP contribution in [0, 0.1) is 6.92 Å². The molecule has 4 nitrogen and oxygen atoms in total. The van der Waals surface area contributed by atoms with E-state index in [4.69, 9.17) is 5.73 Å². The molecule has 4 heteroatoms. The number of rotatable bonds is 4. The van der Waals surface area contributed by atoms with Gasteiger partial charge in [0.25, 0.3) is 5.91 Å². The summed E-state index contributed by atoms with van der Waals surface area (Å²) in [6.07, 6.45) is 5.68. The van der Waals surface area contributed by atoms with E-state index >= 15 is 0 Å². The van der Waals surface area contributed by atoms with Gasteiger partial charge in [-0.15, -0.1) is 0 Å². The van der Waals surface area contributed by atoms with Gasteiger partial charge < -0.3 is 10.6 Å². The molecule has 0 atom stereocenters. The molecule has 0 aliphatic heterocycles. The van der Waals surface area contributed by atoms with E-state index in [0.717, 1.165) is 24.0 Å². The van der Waals surface area contributed by atoms with Gasteiger partial charge in [-0.05, 0) is 55.2 Å². The molecule has 1 amide bonds. The van der Waals surface area contributed by atoms with Crippen molar-refractivity contribution in [2.24, 2.45) is 0 Å². The quantitative estimate of drug-likeness (QED) is 0.877. The SMILES string of the molecule is Cc1ccc(N)cc1C(=O)N(Cc1ccncc1)C1CC1. The monoisotopic (exact) mass is 281 g/mol. The van der Waals surface area contributed by atoms with Crippen LogP contribution in [0.15, 0.2) is 42.7 Å². The molecular formula is C17H19N3O. The number of benzene rings is 1. The van der Waals surface area contributed by atoms with Crippen LogP contribution in [0.4, 0.5) is 5.69 Å². The third kappa shape index (κ3) is 3.05. The van der Waals surface area contributed by atoms with Crippen LogP contribution in [0.3, 0.4) is 0 Å². The maximum atomic E-state index is 12.9. The van der Waals surface area contributed by atoms with E-state index < -0.39 is 0 Å². The lowest BCUT2D eigenvalue weighted by Gasteiger charge is -2.23. The standard InChI is InChI=1S/C17H19N3O/c1-12-2-3-14(18)10-16(12)17(21)20(15-4-5-15)11-13-6-8-19-9-7-13/h2-3,6-10,15H,4-5,11,18H2,1H3. The lowest BCUT2D eigenvalue weighted by Crippen LogP contribution is -2.33. The average molecular weight is 281 g/mol. The summed E-state index contributed by atoms with van der Waals surface area (Å²) in [5.41, 5.74) is 9.23. The topological polar surface area (TPSA) is 59.2 Å². The number of nitrogens with zero attached hydrogens (tertiary/aromatic N) is 2. The van der Waals surface area contributed by atoms with Gasteiger partial charge in [0.05, 0.1) is 0 Å². The second-order valence-electron chi connectivity index (χ2n) is 5.59. The first-order chi connectivity index (χ1) is 10.1. The van der Waals surface area contributed by atoms with Gasteiger partial charge >= 0.3 is 0 Å². The van der Waals surface area contributed by atoms with Crippen molar-refractivity contribution >= 4 is 11.6 Å². The Morgan fingerprint density at radius 2 is 2.00 bits per heavy atom. The highest BCUT2D eigenvalue weighted by Gasteiger charge is 2.33. The highest BCUT2D eigenvalue weighted by molar-refractivity contribution is 5.96. The van der Waals surface area contributed by atoms with Crippen LogP contribution in [0.1, 0.15) is 34.3 Å². The molecule has 1 aromatic carbocycles. The normalized spacial score (nSPS) is 14.0. The number of anilines is 1. The van der Waals surface area contributed by atoms with E-state index in [1.54, 1.807) is 18.5 Å². The van der Waals surface area contributed by atoms with E-state index in [0.29, 0.717) is 23.8 Å². The van der Waals surface area contributed by atoms with Crippen LogP contribution in [0.5, 0.6) is 0 Å². The van der Waals surface area contributed by atoms with Crippen LogP contribution in [0.2, 0.25) is 0 Å². The van der Waals surface area contributed by atoms with Gasteiger partial charge in [-0.1, -0.05) is 6.07 Å². The zero-order chi connectivity index (χ0) is 14.8. The van der Waals surface area contributed by atoms with Gasteiger partial charge in [0.1, 0.15) is 0 Å². The molecule has 108 valence electrons. The number of amides is 1. The Morgan fingerprint density at radius 3 is 2.67 bits per heavy atom. The van der Waals surface area contributed by atoms with Crippen molar-refractivity contribution < 1.29 is 4.79 Å². The number of carbonyl (C=O) groups is 1. The Hall–Kier alpha value is -2.36. The van der Waals surface area contributed by atoms with Gasteiger partial charge in [-0.2, -0.15) is 0 Å². The van der Waals surface area contributed by atoms with Crippen molar-refractivity contribution in [2.45, 2.75) is 32.4 Å². The van der Waals surface area contributed by atoms with E-state index in [-0.39, 0.29) is 5.91 Å². The van der Waals surface area contributed by atoms with Crippen molar-refractivity contribution in [3.8, 4) is 0 Å². The predicted molar refractivity (Wildman–Crippen MR) is 82.7 cm³/mol. The number of hydrogen-bond donors (Lipinski definition) is 1. The van der Waals surface area contributed by atoms with Crippen LogP contribution in [0.25, 0.3) is 0 Å². The first-order valence-electron chi connectivity index (χ1n) is 7.21. The molecule has 0 unspecified atom stereocenters. The molecule has 1 aliphatic rings. The highest BCUT2D eigenvalue weighted by Crippen LogP contribution is 2.30. The lowest BCUT2D eigenvalue weighted by atomic mass is 10.1. The summed E-state index contributed by atoms with van der Waals surface area (Å²) in [7, 11) is 0. The van der Waals surface area contributed by atoms with E-state index in [9.17, 15) is 4.79 Å². The maximum absolute atomic E-state index is 12.9. The average Bonchev–Trinajstić information content (AvgIpc) is 3.32. The van der Waals surface area contributed by atoms with Crippen molar-refractivity contribution in [3.63, 3.8) is 0 Å². The van der Waals surface area contributed by atoms with Crippen LogP contribution < -0.4 is 5.73 Å². The molecule has 1 aromatic heterocycles. The number of aryl methyl sites for hydroxylation is 1. The minimum absolute atomic E-state index is 0.0686. The molecule has 0 saturated heterocycles. The second kappa shape index (κ2) is 5.56. The summed E-state index contributed by atoms with van der Waals surface area (Å²) < 4.78 is 0. The summed E-state index contributed by atoms with van der Waals surface area (Å²) in [5.74, 6) is 0.0686. The predicted octanol–water partition coefficient (Wildman–Crippen LogP) is 2.78. The number of pyridine rings is 1. The van der Waals surface area contributed by atoms with Crippen LogP contribution >= 0.6 is 0 Å². The van der Waals surface area contributed by atoms with E-state index in [2.05, 4.69) is 4.98 Å². The molecule has 1 heterocycles. The molecule has 2 aromatic rings. The largest absolute Gasteiger partial charge is 0.399 e. The Balaban J connectivity index is 1.87. The third-order valence-electron chi connectivity index (χ3n) is 3.84.